The molecule has 0 saturated heterocycles. The van der Waals surface area contributed by atoms with Crippen molar-refractivity contribution in [2.24, 2.45) is 0 Å². The highest BCUT2D eigenvalue weighted by molar-refractivity contribution is 5.87. The molecule has 30 heavy (non-hydrogen) atoms. The Balaban J connectivity index is 1.35. The van der Waals surface area contributed by atoms with Gasteiger partial charge in [-0.2, -0.15) is 4.98 Å². The van der Waals surface area contributed by atoms with Crippen LogP contribution in [0.1, 0.15) is 36.9 Å². The lowest BCUT2D eigenvalue weighted by atomic mass is 10.0. The normalized spacial score (nSPS) is 11.4. The van der Waals surface area contributed by atoms with Crippen LogP contribution < -0.4 is 0 Å². The topological polar surface area (TPSA) is 78.1 Å². The van der Waals surface area contributed by atoms with Gasteiger partial charge in [-0.3, -0.25) is 0 Å². The Morgan fingerprint density at radius 1 is 1.03 bits per heavy atom. The number of esters is 1. The smallest absolute Gasteiger partial charge is 0.331 e. The summed E-state index contributed by atoms with van der Waals surface area (Å²) in [5, 5.41) is 5.00. The minimum absolute atomic E-state index is 0.0919. The Labute approximate surface area is 174 Å². The fourth-order valence-corrected chi connectivity index (χ4v) is 2.96. The van der Waals surface area contributed by atoms with Crippen molar-refractivity contribution in [3.63, 3.8) is 0 Å². The number of fused-ring (bicyclic) bond motifs is 1. The number of aromatic nitrogens is 3. The molecular weight excluding hydrogens is 378 g/mol. The van der Waals surface area contributed by atoms with Crippen LogP contribution in [0.15, 0.2) is 71.3 Å². The van der Waals surface area contributed by atoms with Gasteiger partial charge in [-0.15, -0.1) is 0 Å². The summed E-state index contributed by atoms with van der Waals surface area (Å²) in [4.78, 5) is 20.8. The number of pyridine rings is 1. The highest BCUT2D eigenvalue weighted by Gasteiger charge is 2.11. The molecule has 0 saturated carbocycles. The molecule has 0 atom stereocenters. The lowest BCUT2D eigenvalue weighted by Crippen LogP contribution is -2.01. The third kappa shape index (κ3) is 4.60. The number of carbonyl (C=O) groups is 1. The van der Waals surface area contributed by atoms with Gasteiger partial charge in [-0.25, -0.2) is 9.78 Å². The summed E-state index contributed by atoms with van der Waals surface area (Å²) >= 11 is 0. The van der Waals surface area contributed by atoms with Crippen molar-refractivity contribution >= 4 is 22.9 Å². The fraction of sp³-hybridized carbons (Fsp3) is 0.167. The Hall–Kier alpha value is -3.80. The molecule has 0 unspecified atom stereocenters. The molecule has 6 nitrogen and oxygen atoms in total. The lowest BCUT2D eigenvalue weighted by Gasteiger charge is -2.04. The lowest BCUT2D eigenvalue weighted by molar-refractivity contribution is -0.139. The summed E-state index contributed by atoms with van der Waals surface area (Å²) in [7, 11) is 0. The fourth-order valence-electron chi connectivity index (χ4n) is 2.96. The van der Waals surface area contributed by atoms with Gasteiger partial charge < -0.3 is 9.26 Å². The molecule has 0 radical (unpaired) electrons. The van der Waals surface area contributed by atoms with Gasteiger partial charge in [0.2, 0.25) is 5.82 Å². The second-order valence-corrected chi connectivity index (χ2v) is 7.16. The summed E-state index contributed by atoms with van der Waals surface area (Å²) in [5.41, 5.74) is 3.63. The third-order valence-electron chi connectivity index (χ3n) is 4.65. The van der Waals surface area contributed by atoms with Crippen LogP contribution in [0.4, 0.5) is 0 Å². The minimum Gasteiger partial charge on any atom is -0.452 e. The van der Waals surface area contributed by atoms with E-state index in [0.717, 1.165) is 16.5 Å². The number of nitrogens with zero attached hydrogens (tertiary/aromatic N) is 3. The molecule has 0 N–H and O–H groups in total. The summed E-state index contributed by atoms with van der Waals surface area (Å²) in [5.74, 6) is 0.652. The van der Waals surface area contributed by atoms with E-state index in [0.29, 0.717) is 17.4 Å². The molecule has 0 bridgehead atoms. The zero-order valence-electron chi connectivity index (χ0n) is 16.8. The van der Waals surface area contributed by atoms with Gasteiger partial charge >= 0.3 is 5.97 Å². The van der Waals surface area contributed by atoms with Crippen LogP contribution in [-0.2, 0) is 16.1 Å². The maximum Gasteiger partial charge on any atom is 0.331 e. The quantitative estimate of drug-likeness (QED) is 0.329. The number of rotatable bonds is 6. The van der Waals surface area contributed by atoms with Crippen molar-refractivity contribution in [2.75, 3.05) is 0 Å². The highest BCUT2D eigenvalue weighted by Crippen LogP contribution is 2.20. The maximum absolute atomic E-state index is 12.0. The van der Waals surface area contributed by atoms with Crippen LogP contribution in [0.25, 0.3) is 28.4 Å². The van der Waals surface area contributed by atoms with Crippen molar-refractivity contribution in [1.82, 2.24) is 15.1 Å². The molecule has 2 aromatic heterocycles. The summed E-state index contributed by atoms with van der Waals surface area (Å²) in [6.07, 6.45) is 2.95. The minimum atomic E-state index is -0.508. The SMILES string of the molecule is CC(C)c1ccc(-c2noc(COC(=O)/C=C/c3ccc4ccccc4n3)n2)cc1. The predicted molar refractivity (Wildman–Crippen MR) is 114 cm³/mol. The van der Waals surface area contributed by atoms with E-state index in [1.165, 1.54) is 11.6 Å². The van der Waals surface area contributed by atoms with E-state index in [9.17, 15) is 4.79 Å². The summed E-state index contributed by atoms with van der Waals surface area (Å²) in [6, 6.07) is 19.6. The number of ether oxygens (including phenoxy) is 1. The van der Waals surface area contributed by atoms with Gasteiger partial charge in [-0.1, -0.05) is 67.5 Å². The number of para-hydroxylation sites is 1. The molecule has 0 aliphatic carbocycles. The van der Waals surface area contributed by atoms with Crippen LogP contribution in [0.5, 0.6) is 0 Å². The Kier molecular flexibility index (Phi) is 5.66. The van der Waals surface area contributed by atoms with Crippen molar-refractivity contribution in [2.45, 2.75) is 26.4 Å². The Morgan fingerprint density at radius 2 is 1.83 bits per heavy atom. The number of benzene rings is 2. The monoisotopic (exact) mass is 399 g/mol. The van der Waals surface area contributed by atoms with Crippen LogP contribution in [0, 0.1) is 0 Å². The first-order valence-corrected chi connectivity index (χ1v) is 9.72. The zero-order chi connectivity index (χ0) is 20.9. The van der Waals surface area contributed by atoms with Crippen LogP contribution in [-0.4, -0.2) is 21.1 Å². The van der Waals surface area contributed by atoms with Gasteiger partial charge in [0.05, 0.1) is 11.2 Å². The Morgan fingerprint density at radius 3 is 2.63 bits per heavy atom. The molecule has 0 amide bonds. The van der Waals surface area contributed by atoms with Crippen LogP contribution in [0.2, 0.25) is 0 Å². The van der Waals surface area contributed by atoms with Crippen molar-refractivity contribution < 1.29 is 14.1 Å². The third-order valence-corrected chi connectivity index (χ3v) is 4.65. The van der Waals surface area contributed by atoms with Crippen molar-refractivity contribution in [1.29, 1.82) is 0 Å². The van der Waals surface area contributed by atoms with Crippen molar-refractivity contribution in [3.8, 4) is 11.4 Å². The molecule has 2 aromatic carbocycles. The molecule has 0 spiro atoms. The average Bonchev–Trinajstić information content (AvgIpc) is 3.25. The molecule has 150 valence electrons. The molecule has 0 aliphatic rings. The number of hydrogen-bond donors (Lipinski definition) is 0. The van der Waals surface area contributed by atoms with E-state index in [1.54, 1.807) is 6.08 Å². The first kappa shape index (κ1) is 19.5. The molecule has 0 aliphatic heterocycles. The first-order chi connectivity index (χ1) is 14.6. The zero-order valence-corrected chi connectivity index (χ0v) is 16.8. The van der Waals surface area contributed by atoms with E-state index in [2.05, 4.69) is 29.0 Å². The van der Waals surface area contributed by atoms with Gasteiger partial charge in [0.1, 0.15) is 0 Å². The van der Waals surface area contributed by atoms with Gasteiger partial charge in [0.15, 0.2) is 6.61 Å². The van der Waals surface area contributed by atoms with E-state index in [4.69, 9.17) is 9.26 Å². The first-order valence-electron chi connectivity index (χ1n) is 9.72. The highest BCUT2D eigenvalue weighted by atomic mass is 16.6. The molecule has 0 fully saturated rings. The molecule has 2 heterocycles. The predicted octanol–water partition coefficient (Wildman–Crippen LogP) is 5.16. The van der Waals surface area contributed by atoms with Crippen molar-refractivity contribution in [3.05, 3.63) is 83.9 Å². The standard InChI is InChI=1S/C24H21N3O3/c1-16(2)17-7-9-19(10-8-17)24-26-22(30-27-24)15-29-23(28)14-13-20-12-11-18-5-3-4-6-21(18)25-20/h3-14,16H,15H2,1-2H3/b14-13+. The number of hydrogen-bond acceptors (Lipinski definition) is 6. The summed E-state index contributed by atoms with van der Waals surface area (Å²) < 4.78 is 10.4. The van der Waals surface area contributed by atoms with Crippen LogP contribution >= 0.6 is 0 Å². The molecule has 4 rings (SSSR count). The van der Waals surface area contributed by atoms with E-state index in [1.807, 2.05) is 60.7 Å². The molecular formula is C24H21N3O3. The van der Waals surface area contributed by atoms with Crippen LogP contribution in [0.3, 0.4) is 0 Å². The van der Waals surface area contributed by atoms with Gasteiger partial charge in [0.25, 0.3) is 5.89 Å². The maximum atomic E-state index is 12.0. The second kappa shape index (κ2) is 8.69. The molecule has 4 aromatic rings. The van der Waals surface area contributed by atoms with Gasteiger partial charge in [-0.05, 0) is 29.7 Å². The largest absolute Gasteiger partial charge is 0.452 e. The van der Waals surface area contributed by atoms with E-state index >= 15 is 0 Å². The Bertz CT molecular complexity index is 1190. The second-order valence-electron chi connectivity index (χ2n) is 7.16. The van der Waals surface area contributed by atoms with Gasteiger partial charge in [0, 0.05) is 17.0 Å². The molecule has 6 heteroatoms. The summed E-state index contributed by atoms with van der Waals surface area (Å²) in [6.45, 7) is 4.19. The number of carbonyl (C=O) groups excluding carboxylic acids is 1. The van der Waals surface area contributed by atoms with E-state index < -0.39 is 5.97 Å². The average molecular weight is 399 g/mol. The van der Waals surface area contributed by atoms with E-state index in [-0.39, 0.29) is 12.5 Å².